The molecule has 0 unspecified atom stereocenters. The first kappa shape index (κ1) is 55.3. The Morgan fingerprint density at radius 3 is 0.940 bits per heavy atom. The van der Waals surface area contributed by atoms with Crippen molar-refractivity contribution in [2.24, 2.45) is 0 Å². The van der Waals surface area contributed by atoms with Gasteiger partial charge in [-0.25, -0.2) is 0 Å². The normalized spacial score (nSPS) is 12.3. The van der Waals surface area contributed by atoms with Crippen LogP contribution in [0.25, 0.3) is 11.0 Å². The van der Waals surface area contributed by atoms with Crippen molar-refractivity contribution in [3.8, 4) is 70.3 Å². The summed E-state index contributed by atoms with van der Waals surface area (Å²) < 4.78 is 9.47. The van der Waals surface area contributed by atoms with Crippen LogP contribution in [0.2, 0.25) is 33.2 Å². The number of hydrogen-bond donors (Lipinski definition) is 0. The Bertz CT molecular complexity index is 2530. The predicted molar refractivity (Wildman–Crippen MR) is 303 cm³/mol. The summed E-state index contributed by atoms with van der Waals surface area (Å²) in [4.78, 5) is 4.30. The second-order valence-electron chi connectivity index (χ2n) is 19.7. The van der Waals surface area contributed by atoms with Crippen molar-refractivity contribution in [3.05, 3.63) is 89.3 Å². The number of fused-ring (bicyclic) bond motifs is 1. The third-order valence-corrected chi connectivity index (χ3v) is 28.2. The van der Waals surface area contributed by atoms with Gasteiger partial charge in [0.25, 0.3) is 0 Å². The Kier molecular flexibility index (Phi) is 21.8. The van der Waals surface area contributed by atoms with E-state index in [1.165, 1.54) is 11.7 Å². The first-order valence-corrected chi connectivity index (χ1v) is 31.8. The Morgan fingerprint density at radius 1 is 0.403 bits per heavy atom. The minimum absolute atomic E-state index is 0.606. The maximum atomic E-state index is 4.73. The number of aromatic nitrogens is 2. The molecule has 0 fully saturated rings. The monoisotopic (exact) mass is 976 g/mol. The van der Waals surface area contributed by atoms with Gasteiger partial charge in [0, 0.05) is 22.3 Å². The Labute approximate surface area is 422 Å². The largest absolute Gasteiger partial charge is 0.172 e. The summed E-state index contributed by atoms with van der Waals surface area (Å²) in [6.45, 7) is 37.2. The highest BCUT2D eigenvalue weighted by atomic mass is 32.1. The molecular weight excluding hydrogens is 901 g/mol. The molecule has 2 nitrogen and oxygen atoms in total. The molecule has 3 aromatic heterocycles. The van der Waals surface area contributed by atoms with Crippen LogP contribution < -0.4 is 0 Å². The molecule has 0 aliphatic carbocycles. The smallest absolute Gasteiger partial charge is 0.146 e. The van der Waals surface area contributed by atoms with Crippen molar-refractivity contribution in [3.63, 3.8) is 0 Å². The molecule has 0 radical (unpaired) electrons. The van der Waals surface area contributed by atoms with Gasteiger partial charge < -0.3 is 0 Å². The molecule has 0 aliphatic rings. The second kappa shape index (κ2) is 26.5. The first-order chi connectivity index (χ1) is 32.0. The van der Waals surface area contributed by atoms with E-state index < -0.39 is 16.1 Å². The molecule has 4 aromatic rings. The third kappa shape index (κ3) is 14.1. The third-order valence-electron chi connectivity index (χ3n) is 13.3. The number of hydrogen-bond acceptors (Lipinski definition) is 5. The van der Waals surface area contributed by atoms with E-state index in [4.69, 9.17) is 8.75 Å². The molecule has 4 rings (SSSR count). The molecule has 0 saturated heterocycles. The lowest BCUT2D eigenvalue weighted by molar-refractivity contribution is 0.838. The number of nitrogens with zero attached hydrogens (tertiary/aromatic N) is 2. The summed E-state index contributed by atoms with van der Waals surface area (Å²) in [7, 11) is -3.61. The Balaban J connectivity index is 1.68. The van der Waals surface area contributed by atoms with Gasteiger partial charge >= 0.3 is 0 Å². The van der Waals surface area contributed by atoms with Crippen molar-refractivity contribution >= 4 is 61.6 Å². The number of allylic oxidation sites excluding steroid dienone is 4. The quantitative estimate of drug-likeness (QED) is 0.0929. The lowest BCUT2D eigenvalue weighted by Crippen LogP contribution is -2.43. The van der Waals surface area contributed by atoms with E-state index in [9.17, 15) is 0 Å². The highest BCUT2D eigenvalue weighted by Gasteiger charge is 2.42. The maximum absolute atomic E-state index is 4.73. The highest BCUT2D eigenvalue weighted by Crippen LogP contribution is 2.42. The molecule has 7 heteroatoms. The van der Waals surface area contributed by atoms with Gasteiger partial charge in [-0.2, -0.15) is 8.75 Å². The van der Waals surface area contributed by atoms with Gasteiger partial charge in [0.15, 0.2) is 0 Å². The fourth-order valence-electron chi connectivity index (χ4n) is 9.93. The van der Waals surface area contributed by atoms with E-state index in [0.717, 1.165) is 115 Å². The van der Waals surface area contributed by atoms with Crippen LogP contribution in [0.1, 0.15) is 193 Å². The van der Waals surface area contributed by atoms with Crippen LogP contribution in [-0.2, 0) is 0 Å². The average molecular weight is 978 g/mol. The summed E-state index contributed by atoms with van der Waals surface area (Å²) >= 11 is 4.62. The molecular formula is C60H76N2S3Si2. The van der Waals surface area contributed by atoms with Crippen LogP contribution in [-0.4, -0.2) is 24.9 Å². The molecule has 0 N–H and O–H groups in total. The van der Waals surface area contributed by atoms with Crippen LogP contribution in [0, 0.1) is 70.3 Å². The van der Waals surface area contributed by atoms with E-state index in [2.05, 4.69) is 217 Å². The van der Waals surface area contributed by atoms with Crippen molar-refractivity contribution in [2.75, 3.05) is 0 Å². The Hall–Kier alpha value is -4.29. The van der Waals surface area contributed by atoms with E-state index in [1.807, 2.05) is 0 Å². The van der Waals surface area contributed by atoms with E-state index in [0.29, 0.717) is 33.2 Å². The number of benzene rings is 1. The summed E-state index contributed by atoms with van der Waals surface area (Å²) in [6, 6.07) is 12.7. The van der Waals surface area contributed by atoms with Crippen LogP contribution in [0.4, 0.5) is 0 Å². The van der Waals surface area contributed by atoms with Crippen molar-refractivity contribution in [1.29, 1.82) is 0 Å². The molecule has 0 spiro atoms. The highest BCUT2D eigenvalue weighted by molar-refractivity contribution is 7.13. The first-order valence-electron chi connectivity index (χ1n) is 25.0. The zero-order chi connectivity index (χ0) is 49.3. The van der Waals surface area contributed by atoms with Gasteiger partial charge in [-0.1, -0.05) is 196 Å². The molecule has 0 bridgehead atoms. The van der Waals surface area contributed by atoms with E-state index in [1.54, 1.807) is 22.7 Å². The van der Waals surface area contributed by atoms with E-state index >= 15 is 0 Å². The topological polar surface area (TPSA) is 25.8 Å². The summed E-state index contributed by atoms with van der Waals surface area (Å²) in [6.07, 6.45) is 7.52. The summed E-state index contributed by atoms with van der Waals surface area (Å²) in [5, 5.41) is 0. The lowest BCUT2D eigenvalue weighted by atomic mass is 9.99. The zero-order valence-electron chi connectivity index (χ0n) is 43.7. The number of thiophene rings is 2. The van der Waals surface area contributed by atoms with Gasteiger partial charge in [0.05, 0.1) is 42.4 Å². The molecule has 3 heterocycles. The minimum atomic E-state index is -1.81. The van der Waals surface area contributed by atoms with Gasteiger partial charge in [-0.05, 0) is 95.3 Å². The van der Waals surface area contributed by atoms with Crippen LogP contribution in [0.15, 0.2) is 58.7 Å². The standard InChI is InChI=1S/C60H76N2S3Si2/c1-17-21-49(51(23-19-3)31-33-55-35-37-57(63-55)39-41-66(43(5)6,44(7)8)45(9)10)25-27-53-29-30-54(60-59(53)61-65-62-60)28-26-50(22-18-2)52(24-20-4)32-34-56-36-38-58(64-56)40-42-67(46(11)12,47(13)14)48(15)16/h29-30,35-38,43-48H,17-24H2,1-16H3/b51-49+,52-50+. The van der Waals surface area contributed by atoms with Crippen molar-refractivity contribution in [1.82, 2.24) is 8.75 Å². The second-order valence-corrected chi connectivity index (χ2v) is 33.5. The van der Waals surface area contributed by atoms with Crippen molar-refractivity contribution < 1.29 is 0 Å². The molecule has 67 heavy (non-hydrogen) atoms. The minimum Gasteiger partial charge on any atom is -0.172 e. The van der Waals surface area contributed by atoms with E-state index in [-0.39, 0.29) is 0 Å². The fourth-order valence-corrected chi connectivity index (χ4v) is 22.5. The van der Waals surface area contributed by atoms with Gasteiger partial charge in [0.1, 0.15) is 27.2 Å². The fraction of sp³-hybridized carbons (Fsp3) is 0.500. The Morgan fingerprint density at radius 2 is 0.672 bits per heavy atom. The molecule has 352 valence electrons. The van der Waals surface area contributed by atoms with Crippen LogP contribution in [0.3, 0.4) is 0 Å². The zero-order valence-corrected chi connectivity index (χ0v) is 48.2. The lowest BCUT2D eigenvalue weighted by Gasteiger charge is -2.38. The molecule has 0 atom stereocenters. The molecule has 0 amide bonds. The number of rotatable bonds is 14. The average Bonchev–Trinajstić information content (AvgIpc) is 4.06. The molecule has 0 saturated carbocycles. The van der Waals surface area contributed by atoms with Gasteiger partial charge in [0.2, 0.25) is 0 Å². The van der Waals surface area contributed by atoms with Crippen molar-refractivity contribution in [2.45, 2.75) is 195 Å². The molecule has 1 aromatic carbocycles. The summed E-state index contributed by atoms with van der Waals surface area (Å²) in [5.74, 6) is 35.5. The van der Waals surface area contributed by atoms with Crippen LogP contribution >= 0.6 is 34.4 Å². The van der Waals surface area contributed by atoms with Crippen LogP contribution in [0.5, 0.6) is 0 Å². The molecule has 0 aliphatic heterocycles. The van der Waals surface area contributed by atoms with Gasteiger partial charge in [-0.3, -0.25) is 0 Å². The maximum Gasteiger partial charge on any atom is 0.146 e. The SMILES string of the molecule is CCC/C(C#Cc1ccc(C#C[Si](C(C)C)(C(C)C)C(C)C)s1)=C(\C#Cc1ccc(C#C/C(CCC)=C(/C#Cc2ccc(C#C[Si](C(C)C)(C(C)C)C(C)C)s2)CCC)c2nsnc12)CCC. The summed E-state index contributed by atoms with van der Waals surface area (Å²) in [5.41, 5.74) is 19.2. The van der Waals surface area contributed by atoms with Gasteiger partial charge in [-0.15, -0.1) is 33.8 Å². The predicted octanol–water partition coefficient (Wildman–Crippen LogP) is 17.6.